The van der Waals surface area contributed by atoms with Crippen LogP contribution >= 0.6 is 11.3 Å². The number of hydrogen-bond donors (Lipinski definition) is 2. The zero-order valence-electron chi connectivity index (χ0n) is 13.2. The Morgan fingerprint density at radius 1 is 1.19 bits per heavy atom. The summed E-state index contributed by atoms with van der Waals surface area (Å²) in [5.41, 5.74) is 1.37. The van der Waals surface area contributed by atoms with E-state index >= 15 is 0 Å². The second-order valence-electron chi connectivity index (χ2n) is 5.56. The van der Waals surface area contributed by atoms with Gasteiger partial charge in [0.25, 0.3) is 0 Å². The Bertz CT molecular complexity index is 551. The van der Waals surface area contributed by atoms with Crippen LogP contribution in [0.4, 0.5) is 11.6 Å². The molecule has 0 radical (unpaired) electrons. The number of nitrogens with one attached hydrogen (secondary N) is 2. The highest BCUT2D eigenvalue weighted by atomic mass is 32.1. The van der Waals surface area contributed by atoms with Crippen LogP contribution in [-0.4, -0.2) is 22.6 Å². The number of rotatable bonds is 7. The molecule has 2 N–H and O–H groups in total. The van der Waals surface area contributed by atoms with E-state index in [4.69, 9.17) is 0 Å². The largest absolute Gasteiger partial charge is 0.370 e. The Balaban J connectivity index is 2.10. The summed E-state index contributed by atoms with van der Waals surface area (Å²) < 4.78 is 0. The van der Waals surface area contributed by atoms with Crippen molar-refractivity contribution >= 4 is 23.0 Å². The Kier molecular flexibility index (Phi) is 5.56. The van der Waals surface area contributed by atoms with Gasteiger partial charge in [0.2, 0.25) is 0 Å². The second-order valence-corrected chi connectivity index (χ2v) is 6.34. The molecular weight excluding hydrogens is 280 g/mol. The number of anilines is 2. The quantitative estimate of drug-likeness (QED) is 0.807. The molecule has 114 valence electrons. The Morgan fingerprint density at radius 3 is 2.57 bits per heavy atom. The van der Waals surface area contributed by atoms with E-state index in [-0.39, 0.29) is 0 Å². The first-order chi connectivity index (χ1) is 10.1. The zero-order chi connectivity index (χ0) is 15.2. The standard InChI is InChI=1S/C16H24N4S/c1-5-17-14-9-15(20-16(19-14)11(2)3)18-12(4)8-13-6-7-21-10-13/h6-7,9-12H,5,8H2,1-4H3,(H2,17,18,19,20). The lowest BCUT2D eigenvalue weighted by Gasteiger charge is -2.16. The van der Waals surface area contributed by atoms with Gasteiger partial charge in [-0.15, -0.1) is 0 Å². The first-order valence-corrected chi connectivity index (χ1v) is 8.43. The molecule has 1 atom stereocenters. The minimum Gasteiger partial charge on any atom is -0.370 e. The van der Waals surface area contributed by atoms with E-state index in [0.717, 1.165) is 30.4 Å². The average Bonchev–Trinajstić information content (AvgIpc) is 2.91. The van der Waals surface area contributed by atoms with Crippen molar-refractivity contribution < 1.29 is 0 Å². The van der Waals surface area contributed by atoms with E-state index in [0.29, 0.717) is 12.0 Å². The van der Waals surface area contributed by atoms with Crippen molar-refractivity contribution in [3.63, 3.8) is 0 Å². The molecule has 0 bridgehead atoms. The molecule has 5 heteroatoms. The van der Waals surface area contributed by atoms with Crippen LogP contribution in [0.15, 0.2) is 22.9 Å². The fourth-order valence-corrected chi connectivity index (χ4v) is 2.82. The fourth-order valence-electron chi connectivity index (χ4n) is 2.14. The van der Waals surface area contributed by atoms with Crippen LogP contribution in [0.1, 0.15) is 45.0 Å². The first kappa shape index (κ1) is 15.8. The monoisotopic (exact) mass is 304 g/mol. The molecule has 1 unspecified atom stereocenters. The van der Waals surface area contributed by atoms with Crippen LogP contribution < -0.4 is 10.6 Å². The average molecular weight is 304 g/mol. The van der Waals surface area contributed by atoms with Gasteiger partial charge in [0, 0.05) is 24.6 Å². The zero-order valence-corrected chi connectivity index (χ0v) is 14.0. The van der Waals surface area contributed by atoms with Gasteiger partial charge in [0.15, 0.2) is 0 Å². The Morgan fingerprint density at radius 2 is 1.95 bits per heavy atom. The molecular formula is C16H24N4S. The molecule has 2 aromatic rings. The van der Waals surface area contributed by atoms with Crippen LogP contribution in [0, 0.1) is 0 Å². The van der Waals surface area contributed by atoms with Gasteiger partial charge in [-0.3, -0.25) is 0 Å². The second kappa shape index (κ2) is 7.41. The lowest BCUT2D eigenvalue weighted by molar-refractivity contribution is 0.755. The van der Waals surface area contributed by atoms with Crippen molar-refractivity contribution in [3.8, 4) is 0 Å². The van der Waals surface area contributed by atoms with Gasteiger partial charge in [0.05, 0.1) is 0 Å². The molecule has 2 heterocycles. The van der Waals surface area contributed by atoms with Crippen LogP contribution in [0.2, 0.25) is 0 Å². The highest BCUT2D eigenvalue weighted by molar-refractivity contribution is 7.07. The van der Waals surface area contributed by atoms with Crippen molar-refractivity contribution in [3.05, 3.63) is 34.3 Å². The van der Waals surface area contributed by atoms with Crippen molar-refractivity contribution in [1.82, 2.24) is 9.97 Å². The van der Waals surface area contributed by atoms with Crippen molar-refractivity contribution in [1.29, 1.82) is 0 Å². The van der Waals surface area contributed by atoms with Crippen LogP contribution in [-0.2, 0) is 6.42 Å². The van der Waals surface area contributed by atoms with Gasteiger partial charge in [-0.1, -0.05) is 13.8 Å². The van der Waals surface area contributed by atoms with Gasteiger partial charge in [-0.2, -0.15) is 11.3 Å². The highest BCUT2D eigenvalue weighted by Gasteiger charge is 2.10. The van der Waals surface area contributed by atoms with Crippen LogP contribution in [0.3, 0.4) is 0 Å². The van der Waals surface area contributed by atoms with Gasteiger partial charge in [-0.25, -0.2) is 9.97 Å². The lowest BCUT2D eigenvalue weighted by Crippen LogP contribution is -2.19. The van der Waals surface area contributed by atoms with Crippen molar-refractivity contribution in [2.75, 3.05) is 17.2 Å². The van der Waals surface area contributed by atoms with Crippen LogP contribution in [0.25, 0.3) is 0 Å². The molecule has 0 aliphatic rings. The minimum atomic E-state index is 0.316. The molecule has 0 fully saturated rings. The smallest absolute Gasteiger partial charge is 0.135 e. The number of thiophene rings is 1. The summed E-state index contributed by atoms with van der Waals surface area (Å²) in [5.74, 6) is 2.98. The summed E-state index contributed by atoms with van der Waals surface area (Å²) in [7, 11) is 0. The van der Waals surface area contributed by atoms with Gasteiger partial charge >= 0.3 is 0 Å². The Labute approximate surface area is 131 Å². The minimum absolute atomic E-state index is 0.316. The summed E-state index contributed by atoms with van der Waals surface area (Å²) in [6.45, 7) is 9.34. The van der Waals surface area contributed by atoms with E-state index in [1.54, 1.807) is 11.3 Å². The number of hydrogen-bond acceptors (Lipinski definition) is 5. The van der Waals surface area contributed by atoms with Gasteiger partial charge < -0.3 is 10.6 Å². The topological polar surface area (TPSA) is 49.8 Å². The van der Waals surface area contributed by atoms with E-state index in [1.165, 1.54) is 5.56 Å². The highest BCUT2D eigenvalue weighted by Crippen LogP contribution is 2.18. The molecule has 2 aromatic heterocycles. The lowest BCUT2D eigenvalue weighted by atomic mass is 10.1. The van der Waals surface area contributed by atoms with Gasteiger partial charge in [-0.05, 0) is 42.7 Å². The maximum atomic E-state index is 4.62. The van der Waals surface area contributed by atoms with E-state index in [1.807, 2.05) is 6.07 Å². The third kappa shape index (κ3) is 4.70. The van der Waals surface area contributed by atoms with E-state index in [2.05, 4.69) is 65.1 Å². The fraction of sp³-hybridized carbons (Fsp3) is 0.500. The maximum absolute atomic E-state index is 4.62. The molecule has 0 aliphatic carbocycles. The van der Waals surface area contributed by atoms with Crippen LogP contribution in [0.5, 0.6) is 0 Å². The molecule has 4 nitrogen and oxygen atoms in total. The van der Waals surface area contributed by atoms with E-state index in [9.17, 15) is 0 Å². The SMILES string of the molecule is CCNc1cc(NC(C)Cc2ccsc2)nc(C(C)C)n1. The predicted octanol–water partition coefficient (Wildman–Crippen LogP) is 4.14. The van der Waals surface area contributed by atoms with Crippen molar-refractivity contribution in [2.24, 2.45) is 0 Å². The Hall–Kier alpha value is -1.62. The molecule has 0 saturated heterocycles. The normalized spacial score (nSPS) is 12.4. The molecule has 0 aliphatic heterocycles. The third-order valence-corrected chi connectivity index (χ3v) is 3.87. The first-order valence-electron chi connectivity index (χ1n) is 7.49. The number of aromatic nitrogens is 2. The predicted molar refractivity (Wildman–Crippen MR) is 91.4 cm³/mol. The molecule has 21 heavy (non-hydrogen) atoms. The van der Waals surface area contributed by atoms with Crippen molar-refractivity contribution in [2.45, 2.75) is 46.1 Å². The number of nitrogens with zero attached hydrogens (tertiary/aromatic N) is 2. The van der Waals surface area contributed by atoms with E-state index < -0.39 is 0 Å². The summed E-state index contributed by atoms with van der Waals surface area (Å²) in [4.78, 5) is 9.17. The maximum Gasteiger partial charge on any atom is 0.135 e. The molecule has 0 saturated carbocycles. The summed E-state index contributed by atoms with van der Waals surface area (Å²) in [5, 5.41) is 11.1. The van der Waals surface area contributed by atoms with Gasteiger partial charge in [0.1, 0.15) is 17.5 Å². The summed E-state index contributed by atoms with van der Waals surface area (Å²) in [6.07, 6.45) is 1.00. The molecule has 0 amide bonds. The molecule has 0 spiro atoms. The summed E-state index contributed by atoms with van der Waals surface area (Å²) >= 11 is 1.74. The molecule has 0 aromatic carbocycles. The third-order valence-electron chi connectivity index (χ3n) is 3.13. The summed E-state index contributed by atoms with van der Waals surface area (Å²) in [6, 6.07) is 4.50. The molecule has 2 rings (SSSR count).